The number of nitriles is 1. The first-order valence-electron chi connectivity index (χ1n) is 7.94. The molecule has 0 fully saturated rings. The van der Waals surface area contributed by atoms with E-state index >= 15 is 0 Å². The second-order valence-corrected chi connectivity index (χ2v) is 6.78. The number of halogens is 1. The Morgan fingerprint density at radius 1 is 1.23 bits per heavy atom. The molecule has 2 aromatic heterocycles. The molecule has 0 aliphatic rings. The average molecular weight is 386 g/mol. The van der Waals surface area contributed by atoms with Crippen molar-refractivity contribution in [2.24, 2.45) is 0 Å². The Hall–Kier alpha value is -2.40. The summed E-state index contributed by atoms with van der Waals surface area (Å²) in [6.45, 7) is 1.33. The molecular formula is C18H16ClN5OS. The number of aromatic nitrogens is 4. The van der Waals surface area contributed by atoms with Gasteiger partial charge in [-0.2, -0.15) is 5.26 Å². The highest BCUT2D eigenvalue weighted by Gasteiger charge is 2.17. The molecule has 0 saturated carbocycles. The number of pyridine rings is 1. The van der Waals surface area contributed by atoms with Gasteiger partial charge in [-0.1, -0.05) is 23.7 Å². The number of benzene rings is 1. The van der Waals surface area contributed by atoms with E-state index in [0.29, 0.717) is 34.7 Å². The molecule has 3 rings (SSSR count). The van der Waals surface area contributed by atoms with Gasteiger partial charge in [0.15, 0.2) is 11.0 Å². The minimum absolute atomic E-state index is 0.521. The monoisotopic (exact) mass is 385 g/mol. The van der Waals surface area contributed by atoms with Gasteiger partial charge < -0.3 is 9.30 Å². The van der Waals surface area contributed by atoms with E-state index < -0.39 is 0 Å². The minimum atomic E-state index is 0.521. The molecule has 0 radical (unpaired) electrons. The van der Waals surface area contributed by atoms with Crippen molar-refractivity contribution in [3.05, 3.63) is 53.2 Å². The maximum atomic E-state index is 8.89. The van der Waals surface area contributed by atoms with Crippen LogP contribution in [0.3, 0.4) is 0 Å². The Balaban J connectivity index is 1.93. The number of nitrogens with zero attached hydrogens (tertiary/aromatic N) is 5. The fraction of sp³-hybridized carbons (Fsp3) is 0.222. The maximum absolute atomic E-state index is 8.89. The molecule has 0 amide bonds. The van der Waals surface area contributed by atoms with Crippen molar-refractivity contribution in [3.63, 3.8) is 0 Å². The summed E-state index contributed by atoms with van der Waals surface area (Å²) in [6.07, 6.45) is 2.36. The molecular weight excluding hydrogens is 370 g/mol. The third-order valence-corrected chi connectivity index (χ3v) is 4.89. The molecule has 0 N–H and O–H groups in total. The van der Waals surface area contributed by atoms with Gasteiger partial charge in [0.05, 0.1) is 10.6 Å². The summed E-state index contributed by atoms with van der Waals surface area (Å²) in [6, 6.07) is 13.2. The van der Waals surface area contributed by atoms with Crippen molar-refractivity contribution in [1.29, 1.82) is 5.26 Å². The minimum Gasteiger partial charge on any atom is -0.385 e. The van der Waals surface area contributed by atoms with Gasteiger partial charge >= 0.3 is 0 Å². The van der Waals surface area contributed by atoms with Gasteiger partial charge in [-0.05, 0) is 42.4 Å². The lowest BCUT2D eigenvalue weighted by molar-refractivity contribution is 0.189. The van der Waals surface area contributed by atoms with Crippen molar-refractivity contribution < 1.29 is 4.74 Å². The molecule has 132 valence electrons. The Morgan fingerprint density at radius 2 is 2.08 bits per heavy atom. The molecule has 26 heavy (non-hydrogen) atoms. The standard InChI is InChI=1S/C18H16ClN5OS/c1-25-10-4-9-24-17(14-5-2-3-6-15(14)19)22-23-18(24)26-16-8-7-13(11-20)12-21-16/h2-3,5-8,12H,4,9-10H2,1H3. The zero-order chi connectivity index (χ0) is 18.4. The summed E-state index contributed by atoms with van der Waals surface area (Å²) in [5.41, 5.74) is 1.35. The highest BCUT2D eigenvalue weighted by atomic mass is 35.5. The van der Waals surface area contributed by atoms with E-state index in [2.05, 4.69) is 21.3 Å². The zero-order valence-corrected chi connectivity index (χ0v) is 15.7. The van der Waals surface area contributed by atoms with Gasteiger partial charge in [-0.15, -0.1) is 10.2 Å². The predicted molar refractivity (Wildman–Crippen MR) is 100 cm³/mol. The average Bonchev–Trinajstić information content (AvgIpc) is 3.05. The summed E-state index contributed by atoms with van der Waals surface area (Å²) in [7, 11) is 1.68. The molecule has 0 aliphatic carbocycles. The fourth-order valence-corrected chi connectivity index (χ4v) is 3.39. The molecule has 0 bridgehead atoms. The summed E-state index contributed by atoms with van der Waals surface area (Å²) < 4.78 is 7.18. The lowest BCUT2D eigenvalue weighted by Gasteiger charge is -2.10. The van der Waals surface area contributed by atoms with Gasteiger partial charge in [-0.25, -0.2) is 4.98 Å². The SMILES string of the molecule is COCCCn1c(Sc2ccc(C#N)cn2)nnc1-c1ccccc1Cl. The summed E-state index contributed by atoms with van der Waals surface area (Å²) >= 11 is 7.74. The van der Waals surface area contributed by atoms with Crippen molar-refractivity contribution in [2.45, 2.75) is 23.1 Å². The number of hydrogen-bond donors (Lipinski definition) is 0. The van der Waals surface area contributed by atoms with E-state index in [9.17, 15) is 0 Å². The maximum Gasteiger partial charge on any atom is 0.197 e. The third kappa shape index (κ3) is 4.22. The molecule has 0 aliphatic heterocycles. The first-order chi connectivity index (χ1) is 12.7. The van der Waals surface area contributed by atoms with E-state index in [0.717, 1.165) is 17.0 Å². The fourth-order valence-electron chi connectivity index (χ4n) is 2.37. The molecule has 3 aromatic rings. The zero-order valence-electron chi connectivity index (χ0n) is 14.1. The van der Waals surface area contributed by atoms with Crippen LogP contribution >= 0.6 is 23.4 Å². The van der Waals surface area contributed by atoms with E-state index in [1.165, 1.54) is 11.8 Å². The normalized spacial score (nSPS) is 10.7. The van der Waals surface area contributed by atoms with E-state index in [-0.39, 0.29) is 0 Å². The highest BCUT2D eigenvalue weighted by Crippen LogP contribution is 2.31. The van der Waals surface area contributed by atoms with Crippen LogP contribution in [0.4, 0.5) is 0 Å². The molecule has 0 unspecified atom stereocenters. The van der Waals surface area contributed by atoms with E-state index in [1.807, 2.05) is 28.8 Å². The van der Waals surface area contributed by atoms with Gasteiger partial charge in [-0.3, -0.25) is 0 Å². The van der Waals surface area contributed by atoms with Crippen molar-refractivity contribution in [3.8, 4) is 17.5 Å². The van der Waals surface area contributed by atoms with Crippen LogP contribution < -0.4 is 0 Å². The first kappa shape index (κ1) is 18.4. The first-order valence-corrected chi connectivity index (χ1v) is 9.13. The lowest BCUT2D eigenvalue weighted by atomic mass is 10.2. The van der Waals surface area contributed by atoms with Gasteiger partial charge in [0.2, 0.25) is 0 Å². The van der Waals surface area contributed by atoms with E-state index in [1.54, 1.807) is 25.4 Å². The number of methoxy groups -OCH3 is 1. The lowest BCUT2D eigenvalue weighted by Crippen LogP contribution is -2.05. The van der Waals surface area contributed by atoms with Crippen molar-refractivity contribution in [2.75, 3.05) is 13.7 Å². The smallest absolute Gasteiger partial charge is 0.197 e. The van der Waals surface area contributed by atoms with Crippen LogP contribution in [0.15, 0.2) is 52.8 Å². The summed E-state index contributed by atoms with van der Waals surface area (Å²) in [5, 5.41) is 19.6. The van der Waals surface area contributed by atoms with Crippen molar-refractivity contribution >= 4 is 23.4 Å². The van der Waals surface area contributed by atoms with Crippen LogP contribution in [-0.2, 0) is 11.3 Å². The number of hydrogen-bond acceptors (Lipinski definition) is 6. The van der Waals surface area contributed by atoms with Gasteiger partial charge in [0.1, 0.15) is 11.1 Å². The Morgan fingerprint density at radius 3 is 2.77 bits per heavy atom. The molecule has 1 aromatic carbocycles. The second kappa shape index (κ2) is 8.81. The molecule has 0 atom stereocenters. The molecule has 6 nitrogen and oxygen atoms in total. The van der Waals surface area contributed by atoms with Crippen LogP contribution in [0.5, 0.6) is 0 Å². The number of ether oxygens (including phenoxy) is 1. The Bertz CT molecular complexity index is 920. The van der Waals surface area contributed by atoms with Crippen LogP contribution in [0.25, 0.3) is 11.4 Å². The van der Waals surface area contributed by atoms with Crippen LogP contribution in [0, 0.1) is 11.3 Å². The molecule has 8 heteroatoms. The largest absolute Gasteiger partial charge is 0.385 e. The second-order valence-electron chi connectivity index (χ2n) is 5.38. The van der Waals surface area contributed by atoms with Crippen LogP contribution in [0.1, 0.15) is 12.0 Å². The predicted octanol–water partition coefficient (Wildman–Crippen LogP) is 4.05. The Kier molecular flexibility index (Phi) is 6.23. The summed E-state index contributed by atoms with van der Waals surface area (Å²) in [5.74, 6) is 0.711. The molecule has 0 spiro atoms. The number of rotatable bonds is 7. The quantitative estimate of drug-likeness (QED) is 0.571. The molecule has 0 saturated heterocycles. The third-order valence-electron chi connectivity index (χ3n) is 3.62. The van der Waals surface area contributed by atoms with Gasteiger partial charge in [0, 0.05) is 32.0 Å². The van der Waals surface area contributed by atoms with Crippen LogP contribution in [-0.4, -0.2) is 33.5 Å². The van der Waals surface area contributed by atoms with E-state index in [4.69, 9.17) is 21.6 Å². The highest BCUT2D eigenvalue weighted by molar-refractivity contribution is 7.99. The topological polar surface area (TPSA) is 76.6 Å². The van der Waals surface area contributed by atoms with Crippen LogP contribution in [0.2, 0.25) is 5.02 Å². The van der Waals surface area contributed by atoms with Gasteiger partial charge in [0.25, 0.3) is 0 Å². The van der Waals surface area contributed by atoms with Crippen molar-refractivity contribution in [1.82, 2.24) is 19.7 Å². The summed E-state index contributed by atoms with van der Waals surface area (Å²) in [4.78, 5) is 4.29. The Labute approximate surface area is 160 Å². The molecule has 2 heterocycles.